The topological polar surface area (TPSA) is 49.4 Å². The quantitative estimate of drug-likeness (QED) is 0.927. The summed E-state index contributed by atoms with van der Waals surface area (Å²) in [7, 11) is -3.03. The third-order valence-electron chi connectivity index (χ3n) is 4.46. The predicted octanol–water partition coefficient (Wildman–Crippen LogP) is 2.13. The smallest absolute Gasteiger partial charge is 0.211 e. The van der Waals surface area contributed by atoms with Crippen LogP contribution in [0.5, 0.6) is 0 Å². The number of piperidine rings is 1. The number of nitrogens with one attached hydrogen (secondary N) is 1. The fourth-order valence-electron chi connectivity index (χ4n) is 2.86. The second kappa shape index (κ2) is 6.46. The van der Waals surface area contributed by atoms with E-state index in [-0.39, 0.29) is 0 Å². The Labute approximate surface area is 128 Å². The summed E-state index contributed by atoms with van der Waals surface area (Å²) in [5.74, 6) is 0. The van der Waals surface area contributed by atoms with Gasteiger partial charge in [-0.3, -0.25) is 0 Å². The summed E-state index contributed by atoms with van der Waals surface area (Å²) in [6.45, 7) is 8.54. The van der Waals surface area contributed by atoms with Crippen molar-refractivity contribution in [3.63, 3.8) is 0 Å². The molecule has 1 fully saturated rings. The summed E-state index contributed by atoms with van der Waals surface area (Å²) in [5.41, 5.74) is 5.31. The molecule has 1 N–H and O–H groups in total. The van der Waals surface area contributed by atoms with Gasteiger partial charge in [0.05, 0.1) is 6.26 Å². The van der Waals surface area contributed by atoms with Gasteiger partial charge in [-0.25, -0.2) is 12.7 Å². The molecule has 5 heteroatoms. The van der Waals surface area contributed by atoms with Crippen LogP contribution in [0.15, 0.2) is 12.1 Å². The highest BCUT2D eigenvalue weighted by molar-refractivity contribution is 7.88. The van der Waals surface area contributed by atoms with Crippen molar-refractivity contribution in [1.29, 1.82) is 0 Å². The largest absolute Gasteiger partial charge is 0.310 e. The number of rotatable bonds is 4. The Balaban J connectivity index is 1.89. The Hall–Kier alpha value is -0.910. The maximum absolute atomic E-state index is 11.5. The second-order valence-corrected chi connectivity index (χ2v) is 8.16. The molecule has 0 aromatic heterocycles. The van der Waals surface area contributed by atoms with Crippen molar-refractivity contribution >= 4 is 10.0 Å². The van der Waals surface area contributed by atoms with Gasteiger partial charge in [0.1, 0.15) is 0 Å². The Bertz CT molecular complexity index is 603. The van der Waals surface area contributed by atoms with Crippen LogP contribution in [0.4, 0.5) is 0 Å². The minimum absolute atomic E-state index is 0.406. The summed E-state index contributed by atoms with van der Waals surface area (Å²) in [5, 5.41) is 3.58. The first kappa shape index (κ1) is 16.5. The zero-order valence-electron chi connectivity index (χ0n) is 13.4. The van der Waals surface area contributed by atoms with Crippen LogP contribution in [0, 0.1) is 20.8 Å². The molecule has 1 aromatic rings. The molecule has 0 radical (unpaired) electrons. The van der Waals surface area contributed by atoms with E-state index in [0.29, 0.717) is 19.1 Å². The Morgan fingerprint density at radius 3 is 2.24 bits per heavy atom. The van der Waals surface area contributed by atoms with Crippen LogP contribution in [0.2, 0.25) is 0 Å². The highest BCUT2D eigenvalue weighted by atomic mass is 32.2. The van der Waals surface area contributed by atoms with Crippen LogP contribution in [-0.4, -0.2) is 38.1 Å². The highest BCUT2D eigenvalue weighted by Crippen LogP contribution is 2.17. The SMILES string of the molecule is Cc1cc(C)c(CNC2CCN(S(C)(=O)=O)CC2)cc1C. The summed E-state index contributed by atoms with van der Waals surface area (Å²) < 4.78 is 24.6. The van der Waals surface area contributed by atoms with E-state index in [2.05, 4.69) is 38.2 Å². The van der Waals surface area contributed by atoms with E-state index >= 15 is 0 Å². The summed E-state index contributed by atoms with van der Waals surface area (Å²) in [6.07, 6.45) is 3.06. The molecule has 0 atom stereocenters. The number of hydrogen-bond acceptors (Lipinski definition) is 3. The van der Waals surface area contributed by atoms with Gasteiger partial charge in [0.25, 0.3) is 0 Å². The molecule has 0 amide bonds. The van der Waals surface area contributed by atoms with Gasteiger partial charge in [-0.05, 0) is 55.9 Å². The molecule has 0 saturated carbocycles. The number of sulfonamides is 1. The number of nitrogens with zero attached hydrogens (tertiary/aromatic N) is 1. The minimum Gasteiger partial charge on any atom is -0.310 e. The number of aryl methyl sites for hydroxylation is 3. The first-order valence-corrected chi connectivity index (χ1v) is 9.37. The molecular weight excluding hydrogens is 284 g/mol. The van der Waals surface area contributed by atoms with E-state index in [1.165, 1.54) is 28.5 Å². The number of hydrogen-bond donors (Lipinski definition) is 1. The third-order valence-corrected chi connectivity index (χ3v) is 5.76. The van der Waals surface area contributed by atoms with Crippen molar-refractivity contribution in [3.05, 3.63) is 34.4 Å². The lowest BCUT2D eigenvalue weighted by atomic mass is 10.00. The zero-order chi connectivity index (χ0) is 15.6. The van der Waals surface area contributed by atoms with Crippen molar-refractivity contribution in [2.75, 3.05) is 19.3 Å². The van der Waals surface area contributed by atoms with Crippen molar-refractivity contribution in [2.24, 2.45) is 0 Å². The predicted molar refractivity (Wildman–Crippen MR) is 86.9 cm³/mol. The standard InChI is InChI=1S/C16H26N2O2S/c1-12-9-14(3)15(10-13(12)2)11-17-16-5-7-18(8-6-16)21(4,19)20/h9-10,16-17H,5-8,11H2,1-4H3. The summed E-state index contributed by atoms with van der Waals surface area (Å²) in [6, 6.07) is 4.89. The van der Waals surface area contributed by atoms with Crippen LogP contribution in [-0.2, 0) is 16.6 Å². The van der Waals surface area contributed by atoms with E-state index in [0.717, 1.165) is 19.4 Å². The lowest BCUT2D eigenvalue weighted by Gasteiger charge is -2.31. The van der Waals surface area contributed by atoms with Gasteiger partial charge >= 0.3 is 0 Å². The average Bonchev–Trinajstić information content (AvgIpc) is 2.41. The maximum Gasteiger partial charge on any atom is 0.211 e. The molecular formula is C16H26N2O2S. The molecule has 4 nitrogen and oxygen atoms in total. The van der Waals surface area contributed by atoms with Gasteiger partial charge in [0, 0.05) is 25.7 Å². The van der Waals surface area contributed by atoms with Crippen LogP contribution < -0.4 is 5.32 Å². The molecule has 21 heavy (non-hydrogen) atoms. The fourth-order valence-corrected chi connectivity index (χ4v) is 3.73. The van der Waals surface area contributed by atoms with Gasteiger partial charge in [0.15, 0.2) is 0 Å². The highest BCUT2D eigenvalue weighted by Gasteiger charge is 2.24. The first-order valence-electron chi connectivity index (χ1n) is 7.52. The molecule has 1 aromatic carbocycles. The van der Waals surface area contributed by atoms with Crippen LogP contribution >= 0.6 is 0 Å². The van der Waals surface area contributed by atoms with Crippen molar-refractivity contribution in [2.45, 2.75) is 46.2 Å². The summed E-state index contributed by atoms with van der Waals surface area (Å²) in [4.78, 5) is 0. The molecule has 0 aliphatic carbocycles. The Morgan fingerprint density at radius 2 is 1.67 bits per heavy atom. The van der Waals surface area contributed by atoms with E-state index in [4.69, 9.17) is 0 Å². The lowest BCUT2D eigenvalue weighted by Crippen LogP contribution is -2.44. The van der Waals surface area contributed by atoms with Crippen molar-refractivity contribution < 1.29 is 8.42 Å². The summed E-state index contributed by atoms with van der Waals surface area (Å²) >= 11 is 0. The fraction of sp³-hybridized carbons (Fsp3) is 0.625. The molecule has 1 saturated heterocycles. The third kappa shape index (κ3) is 4.28. The molecule has 0 bridgehead atoms. The normalized spacial score (nSPS) is 18.1. The molecule has 118 valence electrons. The van der Waals surface area contributed by atoms with Gasteiger partial charge in [-0.2, -0.15) is 0 Å². The molecule has 1 heterocycles. The van der Waals surface area contributed by atoms with Gasteiger partial charge in [-0.15, -0.1) is 0 Å². The van der Waals surface area contributed by atoms with E-state index in [1.807, 2.05) is 0 Å². The maximum atomic E-state index is 11.5. The van der Waals surface area contributed by atoms with Crippen LogP contribution in [0.3, 0.4) is 0 Å². The monoisotopic (exact) mass is 310 g/mol. The number of benzene rings is 1. The Morgan fingerprint density at radius 1 is 1.10 bits per heavy atom. The van der Waals surface area contributed by atoms with Crippen LogP contribution in [0.25, 0.3) is 0 Å². The van der Waals surface area contributed by atoms with E-state index < -0.39 is 10.0 Å². The van der Waals surface area contributed by atoms with Crippen LogP contribution in [0.1, 0.15) is 35.1 Å². The van der Waals surface area contributed by atoms with E-state index in [9.17, 15) is 8.42 Å². The Kier molecular flexibility index (Phi) is 5.07. The van der Waals surface area contributed by atoms with E-state index in [1.54, 1.807) is 4.31 Å². The molecule has 0 unspecified atom stereocenters. The lowest BCUT2D eigenvalue weighted by molar-refractivity contribution is 0.290. The van der Waals surface area contributed by atoms with Gasteiger partial charge in [0.2, 0.25) is 10.0 Å². The van der Waals surface area contributed by atoms with Crippen molar-refractivity contribution in [1.82, 2.24) is 9.62 Å². The first-order chi connectivity index (χ1) is 9.77. The molecule has 0 spiro atoms. The second-order valence-electron chi connectivity index (χ2n) is 6.18. The minimum atomic E-state index is -3.03. The average molecular weight is 310 g/mol. The van der Waals surface area contributed by atoms with Gasteiger partial charge < -0.3 is 5.32 Å². The molecule has 2 rings (SSSR count). The zero-order valence-corrected chi connectivity index (χ0v) is 14.3. The van der Waals surface area contributed by atoms with Crippen molar-refractivity contribution in [3.8, 4) is 0 Å². The molecule has 1 aliphatic heterocycles. The molecule has 1 aliphatic rings. The van der Waals surface area contributed by atoms with Gasteiger partial charge in [-0.1, -0.05) is 12.1 Å².